The van der Waals surface area contributed by atoms with Crippen molar-refractivity contribution in [1.29, 1.82) is 0 Å². The fourth-order valence-electron chi connectivity index (χ4n) is 2.18. The Labute approximate surface area is 110 Å². The van der Waals surface area contributed by atoms with Gasteiger partial charge in [0.2, 0.25) is 5.91 Å². The molecule has 104 valence electrons. The van der Waals surface area contributed by atoms with Crippen LogP contribution in [0.3, 0.4) is 0 Å². The average Bonchev–Trinajstić information content (AvgIpc) is 2.27. The van der Waals surface area contributed by atoms with Gasteiger partial charge in [-0.05, 0) is 32.2 Å². The van der Waals surface area contributed by atoms with Gasteiger partial charge in [0, 0.05) is 32.5 Å². The first kappa shape index (κ1) is 15.2. The molecule has 4 heteroatoms. The number of nitrogens with zero attached hydrogens (tertiary/aromatic N) is 1. The summed E-state index contributed by atoms with van der Waals surface area (Å²) in [5.41, 5.74) is 0. The SMILES string of the molecule is CC(=O)CCCCCNCCC(=O)N1CC(C)C1. The van der Waals surface area contributed by atoms with Crippen molar-refractivity contribution in [1.82, 2.24) is 10.2 Å². The molecule has 1 N–H and O–H groups in total. The first-order valence-electron chi connectivity index (χ1n) is 7.07. The van der Waals surface area contributed by atoms with Gasteiger partial charge < -0.3 is 15.0 Å². The van der Waals surface area contributed by atoms with Gasteiger partial charge in [0.05, 0.1) is 0 Å². The number of ketones is 1. The number of rotatable bonds is 9. The largest absolute Gasteiger partial charge is 0.342 e. The fraction of sp³-hybridized carbons (Fsp3) is 0.857. The minimum atomic E-state index is 0.275. The van der Waals surface area contributed by atoms with Crippen LogP contribution >= 0.6 is 0 Å². The Kier molecular flexibility index (Phi) is 6.94. The summed E-state index contributed by atoms with van der Waals surface area (Å²) in [4.78, 5) is 24.3. The maximum absolute atomic E-state index is 11.6. The van der Waals surface area contributed by atoms with Crippen LogP contribution in [0.15, 0.2) is 0 Å². The molecule has 1 aliphatic heterocycles. The summed E-state index contributed by atoms with van der Waals surface area (Å²) in [7, 11) is 0. The van der Waals surface area contributed by atoms with Crippen molar-refractivity contribution in [3.8, 4) is 0 Å². The number of carbonyl (C=O) groups is 2. The van der Waals surface area contributed by atoms with Gasteiger partial charge in [-0.2, -0.15) is 0 Å². The number of likely N-dealkylation sites (tertiary alicyclic amines) is 1. The number of hydrogen-bond donors (Lipinski definition) is 1. The van der Waals surface area contributed by atoms with Gasteiger partial charge in [-0.15, -0.1) is 0 Å². The summed E-state index contributed by atoms with van der Waals surface area (Å²) in [5, 5.41) is 3.29. The first-order chi connectivity index (χ1) is 8.59. The molecule has 1 heterocycles. The van der Waals surface area contributed by atoms with E-state index in [0.717, 1.165) is 45.4 Å². The second-order valence-corrected chi connectivity index (χ2v) is 5.42. The summed E-state index contributed by atoms with van der Waals surface area (Å²) < 4.78 is 0. The lowest BCUT2D eigenvalue weighted by Gasteiger charge is -2.37. The molecule has 0 aromatic carbocycles. The molecule has 0 radical (unpaired) electrons. The molecule has 4 nitrogen and oxygen atoms in total. The van der Waals surface area contributed by atoms with Gasteiger partial charge >= 0.3 is 0 Å². The Morgan fingerprint density at radius 1 is 1.11 bits per heavy atom. The van der Waals surface area contributed by atoms with Crippen molar-refractivity contribution in [2.45, 2.75) is 46.0 Å². The molecule has 1 fully saturated rings. The van der Waals surface area contributed by atoms with Crippen LogP contribution in [0, 0.1) is 5.92 Å². The van der Waals surface area contributed by atoms with Gasteiger partial charge in [0.15, 0.2) is 0 Å². The first-order valence-corrected chi connectivity index (χ1v) is 7.07. The Balaban J connectivity index is 1.84. The number of hydrogen-bond acceptors (Lipinski definition) is 3. The van der Waals surface area contributed by atoms with E-state index in [-0.39, 0.29) is 11.7 Å². The van der Waals surface area contributed by atoms with E-state index >= 15 is 0 Å². The Bertz CT molecular complexity index is 273. The predicted octanol–water partition coefficient (Wildman–Crippen LogP) is 1.59. The molecule has 1 rings (SSSR count). The van der Waals surface area contributed by atoms with Gasteiger partial charge in [-0.1, -0.05) is 13.3 Å². The second kappa shape index (κ2) is 8.25. The average molecular weight is 254 g/mol. The zero-order valence-electron chi connectivity index (χ0n) is 11.7. The Hall–Kier alpha value is -0.900. The van der Waals surface area contributed by atoms with Crippen molar-refractivity contribution in [2.24, 2.45) is 5.92 Å². The van der Waals surface area contributed by atoms with Crippen LogP contribution < -0.4 is 5.32 Å². The standard InChI is InChI=1S/C14H26N2O2/c1-12-10-16(11-12)14(18)7-9-15-8-5-3-4-6-13(2)17/h12,15H,3-11H2,1-2H3. The number of Topliss-reactive ketones (excluding diaryl/α,β-unsaturated/α-hetero) is 1. The minimum Gasteiger partial charge on any atom is -0.342 e. The summed E-state index contributed by atoms with van der Waals surface area (Å²) in [6, 6.07) is 0. The van der Waals surface area contributed by atoms with E-state index in [9.17, 15) is 9.59 Å². The lowest BCUT2D eigenvalue weighted by Crippen LogP contribution is -2.49. The van der Waals surface area contributed by atoms with Gasteiger partial charge in [-0.25, -0.2) is 0 Å². The third-order valence-corrected chi connectivity index (χ3v) is 3.31. The molecule has 1 aliphatic rings. The van der Waals surface area contributed by atoms with Crippen molar-refractivity contribution in [3.05, 3.63) is 0 Å². The smallest absolute Gasteiger partial charge is 0.223 e. The highest BCUT2D eigenvalue weighted by Crippen LogP contribution is 2.14. The fourth-order valence-corrected chi connectivity index (χ4v) is 2.18. The molecule has 1 saturated heterocycles. The highest BCUT2D eigenvalue weighted by atomic mass is 16.2. The predicted molar refractivity (Wildman–Crippen MR) is 72.4 cm³/mol. The maximum atomic E-state index is 11.6. The van der Waals surface area contributed by atoms with E-state index in [2.05, 4.69) is 12.2 Å². The van der Waals surface area contributed by atoms with Crippen LogP contribution in [0.5, 0.6) is 0 Å². The third-order valence-electron chi connectivity index (χ3n) is 3.31. The lowest BCUT2D eigenvalue weighted by atomic mass is 10.0. The van der Waals surface area contributed by atoms with Crippen LogP contribution in [-0.4, -0.2) is 42.8 Å². The summed E-state index contributed by atoms with van der Waals surface area (Å²) in [6.07, 6.45) is 4.47. The summed E-state index contributed by atoms with van der Waals surface area (Å²) >= 11 is 0. The summed E-state index contributed by atoms with van der Waals surface area (Å²) in [6.45, 7) is 7.40. The highest BCUT2D eigenvalue weighted by Gasteiger charge is 2.26. The monoisotopic (exact) mass is 254 g/mol. The van der Waals surface area contributed by atoms with E-state index in [1.807, 2.05) is 4.90 Å². The quantitative estimate of drug-likeness (QED) is 0.636. The van der Waals surface area contributed by atoms with E-state index < -0.39 is 0 Å². The molecule has 0 aliphatic carbocycles. The Morgan fingerprint density at radius 3 is 2.44 bits per heavy atom. The molecule has 1 amide bonds. The van der Waals surface area contributed by atoms with E-state index in [4.69, 9.17) is 0 Å². The van der Waals surface area contributed by atoms with Gasteiger partial charge in [0.25, 0.3) is 0 Å². The van der Waals surface area contributed by atoms with E-state index in [0.29, 0.717) is 18.8 Å². The van der Waals surface area contributed by atoms with Crippen molar-refractivity contribution < 1.29 is 9.59 Å². The van der Waals surface area contributed by atoms with Crippen LogP contribution in [0.1, 0.15) is 46.0 Å². The van der Waals surface area contributed by atoms with Crippen molar-refractivity contribution >= 4 is 11.7 Å². The third kappa shape index (κ3) is 6.15. The molecule has 18 heavy (non-hydrogen) atoms. The number of unbranched alkanes of at least 4 members (excludes halogenated alkanes) is 2. The topological polar surface area (TPSA) is 49.4 Å². The highest BCUT2D eigenvalue weighted by molar-refractivity contribution is 5.77. The van der Waals surface area contributed by atoms with Crippen LogP contribution in [-0.2, 0) is 9.59 Å². The van der Waals surface area contributed by atoms with Crippen molar-refractivity contribution in [2.75, 3.05) is 26.2 Å². The number of amides is 1. The Morgan fingerprint density at radius 2 is 1.83 bits per heavy atom. The van der Waals surface area contributed by atoms with E-state index in [1.54, 1.807) is 6.92 Å². The molecule has 0 aromatic rings. The number of nitrogens with one attached hydrogen (secondary N) is 1. The van der Waals surface area contributed by atoms with E-state index in [1.165, 1.54) is 0 Å². The zero-order valence-corrected chi connectivity index (χ0v) is 11.7. The molecule has 0 aromatic heterocycles. The molecule has 0 atom stereocenters. The van der Waals surface area contributed by atoms with Crippen molar-refractivity contribution in [3.63, 3.8) is 0 Å². The summed E-state index contributed by atoms with van der Waals surface area (Å²) in [5.74, 6) is 1.23. The molecular formula is C14H26N2O2. The van der Waals surface area contributed by atoms with Gasteiger partial charge in [-0.3, -0.25) is 4.79 Å². The maximum Gasteiger partial charge on any atom is 0.223 e. The molecule has 0 unspecified atom stereocenters. The molecule has 0 saturated carbocycles. The zero-order chi connectivity index (χ0) is 13.4. The normalized spacial score (nSPS) is 15.6. The molecular weight excluding hydrogens is 228 g/mol. The molecule has 0 bridgehead atoms. The lowest BCUT2D eigenvalue weighted by molar-refractivity contribution is -0.136. The van der Waals surface area contributed by atoms with Crippen LogP contribution in [0.25, 0.3) is 0 Å². The van der Waals surface area contributed by atoms with Crippen LogP contribution in [0.4, 0.5) is 0 Å². The molecule has 0 spiro atoms. The van der Waals surface area contributed by atoms with Crippen LogP contribution in [0.2, 0.25) is 0 Å². The second-order valence-electron chi connectivity index (χ2n) is 5.42. The van der Waals surface area contributed by atoms with Gasteiger partial charge in [0.1, 0.15) is 5.78 Å². The minimum absolute atomic E-state index is 0.275. The number of carbonyl (C=O) groups excluding carboxylic acids is 2.